The van der Waals surface area contributed by atoms with Crippen molar-refractivity contribution < 1.29 is 13.2 Å². The lowest BCUT2D eigenvalue weighted by molar-refractivity contribution is -0.128. The zero-order valence-electron chi connectivity index (χ0n) is 13.0. The Balaban J connectivity index is 1.81. The fourth-order valence-electron chi connectivity index (χ4n) is 4.39. The Morgan fingerprint density at radius 1 is 1.23 bits per heavy atom. The van der Waals surface area contributed by atoms with Crippen LogP contribution in [0.15, 0.2) is 35.2 Å². The van der Waals surface area contributed by atoms with Crippen molar-refractivity contribution in [3.05, 3.63) is 30.3 Å². The molecule has 0 unspecified atom stereocenters. The van der Waals surface area contributed by atoms with Gasteiger partial charge in [0.15, 0.2) is 0 Å². The molecule has 0 saturated heterocycles. The highest BCUT2D eigenvalue weighted by Crippen LogP contribution is 2.61. The molecule has 3 fully saturated rings. The number of sulfonamides is 1. The van der Waals surface area contributed by atoms with Crippen LogP contribution in [-0.4, -0.2) is 20.7 Å². The largest absolute Gasteiger partial charge is 0.303 e. The van der Waals surface area contributed by atoms with Gasteiger partial charge in [0.1, 0.15) is 6.29 Å². The molecule has 0 amide bonds. The third kappa shape index (κ3) is 2.50. The van der Waals surface area contributed by atoms with E-state index in [9.17, 15) is 13.2 Å². The summed E-state index contributed by atoms with van der Waals surface area (Å²) in [5.74, 6) is 1.08. The summed E-state index contributed by atoms with van der Waals surface area (Å²) in [6.07, 6.45) is 3.31. The number of carbonyl (C=O) groups is 1. The summed E-state index contributed by atoms with van der Waals surface area (Å²) < 4.78 is 27.9. The first-order valence-electron chi connectivity index (χ1n) is 7.87. The van der Waals surface area contributed by atoms with Crippen LogP contribution in [0.25, 0.3) is 0 Å². The lowest BCUT2D eigenvalue weighted by Gasteiger charge is -2.62. The Labute approximate surface area is 132 Å². The van der Waals surface area contributed by atoms with E-state index < -0.39 is 10.0 Å². The van der Waals surface area contributed by atoms with Crippen LogP contribution in [0, 0.1) is 23.2 Å². The van der Waals surface area contributed by atoms with Crippen molar-refractivity contribution in [2.24, 2.45) is 23.2 Å². The van der Waals surface area contributed by atoms with E-state index >= 15 is 0 Å². The molecule has 0 aromatic heterocycles. The molecule has 4 atom stereocenters. The Morgan fingerprint density at radius 2 is 1.91 bits per heavy atom. The molecule has 4 rings (SSSR count). The molecule has 1 aromatic carbocycles. The molecule has 22 heavy (non-hydrogen) atoms. The van der Waals surface area contributed by atoms with Gasteiger partial charge in [-0.15, -0.1) is 0 Å². The molecule has 1 N–H and O–H groups in total. The summed E-state index contributed by atoms with van der Waals surface area (Å²) >= 11 is 0. The number of rotatable bonds is 5. The molecule has 3 aliphatic carbocycles. The maximum absolute atomic E-state index is 12.5. The molecule has 5 heteroatoms. The number of hydrogen-bond acceptors (Lipinski definition) is 3. The summed E-state index contributed by atoms with van der Waals surface area (Å²) in [7, 11) is -3.52. The fourth-order valence-corrected chi connectivity index (χ4v) is 5.71. The van der Waals surface area contributed by atoms with E-state index in [4.69, 9.17) is 0 Å². The van der Waals surface area contributed by atoms with Crippen molar-refractivity contribution in [1.29, 1.82) is 0 Å². The van der Waals surface area contributed by atoms with Crippen molar-refractivity contribution in [2.75, 3.05) is 0 Å². The lowest BCUT2D eigenvalue weighted by atomic mass is 9.44. The van der Waals surface area contributed by atoms with Crippen LogP contribution in [0.2, 0.25) is 0 Å². The van der Waals surface area contributed by atoms with Crippen LogP contribution in [0.3, 0.4) is 0 Å². The summed E-state index contributed by atoms with van der Waals surface area (Å²) in [5.41, 5.74) is 0.225. The highest BCUT2D eigenvalue weighted by Gasteiger charge is 2.57. The van der Waals surface area contributed by atoms with Crippen LogP contribution in [0.4, 0.5) is 0 Å². The molecule has 4 nitrogen and oxygen atoms in total. The minimum Gasteiger partial charge on any atom is -0.303 e. The molecular formula is C17H23NO3S. The maximum atomic E-state index is 12.5. The molecule has 3 aliphatic rings. The van der Waals surface area contributed by atoms with Crippen LogP contribution in [-0.2, 0) is 14.8 Å². The normalized spacial score (nSPS) is 33.0. The standard InChI is InChI=1S/C17H23NO3S/c1-17(2)12-10-15(17)14(8-9-19)16(11-12)18-22(20,21)13-6-4-3-5-7-13/h3-7,9,12,14-16,18H,8,10-11H2,1-2H3/t12-,14-,15+,16-/m1/s1. The van der Waals surface area contributed by atoms with E-state index in [1.807, 2.05) is 0 Å². The van der Waals surface area contributed by atoms with Crippen LogP contribution in [0.1, 0.15) is 33.1 Å². The molecule has 120 valence electrons. The topological polar surface area (TPSA) is 63.2 Å². The van der Waals surface area contributed by atoms with Crippen molar-refractivity contribution in [2.45, 2.75) is 44.0 Å². The van der Waals surface area contributed by atoms with Gasteiger partial charge in [-0.1, -0.05) is 32.0 Å². The van der Waals surface area contributed by atoms with Crippen LogP contribution >= 0.6 is 0 Å². The predicted octanol–water partition coefficient (Wildman–Crippen LogP) is 2.60. The highest BCUT2D eigenvalue weighted by atomic mass is 32.2. The van der Waals surface area contributed by atoms with Crippen molar-refractivity contribution in [3.63, 3.8) is 0 Å². The zero-order valence-corrected chi connectivity index (χ0v) is 13.8. The maximum Gasteiger partial charge on any atom is 0.240 e. The molecule has 3 saturated carbocycles. The number of aldehydes is 1. The summed E-state index contributed by atoms with van der Waals surface area (Å²) in [6.45, 7) is 4.48. The third-order valence-corrected chi connectivity index (χ3v) is 7.35. The van der Waals surface area contributed by atoms with Gasteiger partial charge in [-0.25, -0.2) is 13.1 Å². The predicted molar refractivity (Wildman–Crippen MR) is 84.7 cm³/mol. The van der Waals surface area contributed by atoms with Gasteiger partial charge >= 0.3 is 0 Å². The second-order valence-electron chi connectivity index (χ2n) is 7.20. The average Bonchev–Trinajstić information content (AvgIpc) is 2.49. The second-order valence-corrected chi connectivity index (χ2v) is 8.92. The highest BCUT2D eigenvalue weighted by molar-refractivity contribution is 7.89. The van der Waals surface area contributed by atoms with Gasteiger partial charge in [-0.2, -0.15) is 0 Å². The minimum atomic E-state index is -3.52. The molecule has 0 radical (unpaired) electrons. The molecule has 0 heterocycles. The smallest absolute Gasteiger partial charge is 0.240 e. The first kappa shape index (κ1) is 15.7. The molecule has 0 spiro atoms. The fraction of sp³-hybridized carbons (Fsp3) is 0.588. The second kappa shape index (κ2) is 5.46. The Hall–Kier alpha value is -1.20. The van der Waals surface area contributed by atoms with Crippen LogP contribution in [0.5, 0.6) is 0 Å². The van der Waals surface area contributed by atoms with Crippen molar-refractivity contribution >= 4 is 16.3 Å². The van der Waals surface area contributed by atoms with Gasteiger partial charge < -0.3 is 4.79 Å². The molecule has 2 bridgehead atoms. The van der Waals surface area contributed by atoms with E-state index in [0.29, 0.717) is 23.2 Å². The van der Waals surface area contributed by atoms with E-state index in [1.54, 1.807) is 30.3 Å². The van der Waals surface area contributed by atoms with E-state index in [1.165, 1.54) is 0 Å². The third-order valence-electron chi connectivity index (χ3n) is 5.85. The van der Waals surface area contributed by atoms with Gasteiger partial charge in [0.05, 0.1) is 4.90 Å². The Morgan fingerprint density at radius 3 is 2.50 bits per heavy atom. The molecule has 1 aromatic rings. The van der Waals surface area contributed by atoms with Gasteiger partial charge in [0.2, 0.25) is 10.0 Å². The van der Waals surface area contributed by atoms with Gasteiger partial charge in [-0.3, -0.25) is 0 Å². The summed E-state index contributed by atoms with van der Waals surface area (Å²) in [4.78, 5) is 11.3. The van der Waals surface area contributed by atoms with E-state index in [2.05, 4.69) is 18.6 Å². The van der Waals surface area contributed by atoms with Gasteiger partial charge in [-0.05, 0) is 48.1 Å². The average molecular weight is 321 g/mol. The monoisotopic (exact) mass is 321 g/mol. The van der Waals surface area contributed by atoms with E-state index in [0.717, 1.165) is 19.1 Å². The Bertz CT molecular complexity index is 654. The number of fused-ring (bicyclic) bond motifs is 2. The van der Waals surface area contributed by atoms with Gasteiger partial charge in [0.25, 0.3) is 0 Å². The quantitative estimate of drug-likeness (QED) is 0.848. The number of carbonyl (C=O) groups excluding carboxylic acids is 1. The molecule has 0 aliphatic heterocycles. The number of benzene rings is 1. The van der Waals surface area contributed by atoms with Crippen molar-refractivity contribution in [1.82, 2.24) is 4.72 Å². The summed E-state index contributed by atoms with van der Waals surface area (Å²) in [6, 6.07) is 8.31. The number of nitrogens with one attached hydrogen (secondary N) is 1. The van der Waals surface area contributed by atoms with E-state index in [-0.39, 0.29) is 17.4 Å². The summed E-state index contributed by atoms with van der Waals surface area (Å²) in [5, 5.41) is 0. The first-order chi connectivity index (χ1) is 10.4. The zero-order chi connectivity index (χ0) is 16.0. The van der Waals surface area contributed by atoms with Gasteiger partial charge in [0, 0.05) is 12.5 Å². The van der Waals surface area contributed by atoms with Crippen molar-refractivity contribution in [3.8, 4) is 0 Å². The lowest BCUT2D eigenvalue weighted by Crippen LogP contribution is -2.61. The van der Waals surface area contributed by atoms with Crippen LogP contribution < -0.4 is 4.72 Å². The number of hydrogen-bond donors (Lipinski definition) is 1. The first-order valence-corrected chi connectivity index (χ1v) is 9.35. The minimum absolute atomic E-state index is 0.107. The molecular weight excluding hydrogens is 298 g/mol. The Kier molecular flexibility index (Phi) is 3.89. The SMILES string of the molecule is CC1(C)[C@H]2C[C@@H](NS(=O)(=O)c3ccccc3)[C@H](CC=O)[C@@H]1C2.